The van der Waals surface area contributed by atoms with E-state index in [9.17, 15) is 9.65 Å². The molecule has 0 saturated carbocycles. The Labute approximate surface area is 133 Å². The number of hydrogen-bond donors (Lipinski definition) is 0. The number of ether oxygens (including phenoxy) is 1. The fourth-order valence-corrected chi connectivity index (χ4v) is 2.28. The second-order valence-corrected chi connectivity index (χ2v) is 5.63. The van der Waals surface area contributed by atoms with E-state index in [-0.39, 0.29) is 0 Å². The van der Waals surface area contributed by atoms with Crippen LogP contribution >= 0.6 is 0 Å². The lowest BCUT2D eigenvalue weighted by Crippen LogP contribution is -2.05. The van der Waals surface area contributed by atoms with E-state index in [4.69, 9.17) is 4.74 Å². The van der Waals surface area contributed by atoms with Gasteiger partial charge in [-0.2, -0.15) is 14.8 Å². The van der Waals surface area contributed by atoms with Gasteiger partial charge in [0.1, 0.15) is 11.8 Å². The van der Waals surface area contributed by atoms with Gasteiger partial charge < -0.3 is 4.74 Å². The molecule has 0 bridgehead atoms. The van der Waals surface area contributed by atoms with E-state index < -0.39 is 5.95 Å². The predicted octanol–water partition coefficient (Wildman–Crippen LogP) is 3.44. The standard InChI is InChI=1S/C17H15FN4O/c1-11(2)10-23-14-5-15(12-3-4-16(18)20-7-12)17-13(6-19)8-21-22(17)9-14/h3-5,7-9,11H,10H2,1-2H3. The summed E-state index contributed by atoms with van der Waals surface area (Å²) < 4.78 is 20.5. The normalized spacial score (nSPS) is 10.9. The van der Waals surface area contributed by atoms with Crippen LogP contribution in [0.25, 0.3) is 16.6 Å². The minimum atomic E-state index is -0.550. The molecule has 0 spiro atoms. The number of hydrogen-bond acceptors (Lipinski definition) is 4. The predicted molar refractivity (Wildman–Crippen MR) is 83.4 cm³/mol. The van der Waals surface area contributed by atoms with E-state index in [2.05, 4.69) is 30.0 Å². The maximum atomic E-state index is 13.1. The van der Waals surface area contributed by atoms with Gasteiger partial charge >= 0.3 is 0 Å². The number of pyridine rings is 2. The quantitative estimate of drug-likeness (QED) is 0.692. The molecule has 0 N–H and O–H groups in total. The van der Waals surface area contributed by atoms with Crippen molar-refractivity contribution < 1.29 is 9.13 Å². The molecule has 3 heterocycles. The molecule has 0 aliphatic heterocycles. The van der Waals surface area contributed by atoms with Gasteiger partial charge in [0, 0.05) is 17.3 Å². The Kier molecular flexibility index (Phi) is 3.94. The molecule has 3 aromatic heterocycles. The summed E-state index contributed by atoms with van der Waals surface area (Å²) in [4.78, 5) is 3.69. The fourth-order valence-electron chi connectivity index (χ4n) is 2.28. The van der Waals surface area contributed by atoms with Crippen LogP contribution < -0.4 is 4.74 Å². The third kappa shape index (κ3) is 2.99. The lowest BCUT2D eigenvalue weighted by molar-refractivity contribution is 0.270. The Morgan fingerprint density at radius 1 is 1.35 bits per heavy atom. The van der Waals surface area contributed by atoms with Crippen molar-refractivity contribution in [2.75, 3.05) is 6.61 Å². The van der Waals surface area contributed by atoms with Gasteiger partial charge in [-0.3, -0.25) is 0 Å². The van der Waals surface area contributed by atoms with Gasteiger partial charge in [-0.05, 0) is 24.1 Å². The minimum Gasteiger partial charge on any atom is -0.492 e. The molecular weight excluding hydrogens is 295 g/mol. The molecule has 6 heteroatoms. The van der Waals surface area contributed by atoms with Crippen LogP contribution in [0.4, 0.5) is 4.39 Å². The highest BCUT2D eigenvalue weighted by Gasteiger charge is 2.14. The summed E-state index contributed by atoms with van der Waals surface area (Å²) in [6.07, 6.45) is 4.67. The molecule has 23 heavy (non-hydrogen) atoms. The van der Waals surface area contributed by atoms with Crippen LogP contribution in [-0.4, -0.2) is 21.2 Å². The maximum Gasteiger partial charge on any atom is 0.212 e. The molecule has 116 valence electrons. The molecule has 3 rings (SSSR count). The topological polar surface area (TPSA) is 63.2 Å². The number of nitrogens with zero attached hydrogens (tertiary/aromatic N) is 4. The molecular formula is C17H15FN4O. The molecule has 0 saturated heterocycles. The Morgan fingerprint density at radius 3 is 2.83 bits per heavy atom. The van der Waals surface area contributed by atoms with E-state index in [1.165, 1.54) is 18.5 Å². The van der Waals surface area contributed by atoms with Gasteiger partial charge in [0.05, 0.1) is 30.1 Å². The first-order valence-electron chi connectivity index (χ1n) is 7.24. The second-order valence-electron chi connectivity index (χ2n) is 5.63. The monoisotopic (exact) mass is 310 g/mol. The van der Waals surface area contributed by atoms with Gasteiger partial charge in [-0.1, -0.05) is 13.8 Å². The Balaban J connectivity index is 2.17. The third-order valence-electron chi connectivity index (χ3n) is 3.33. The first-order chi connectivity index (χ1) is 11.1. The maximum absolute atomic E-state index is 13.1. The highest BCUT2D eigenvalue weighted by molar-refractivity contribution is 5.84. The van der Waals surface area contributed by atoms with Gasteiger partial charge in [0.15, 0.2) is 0 Å². The molecule has 5 nitrogen and oxygen atoms in total. The average molecular weight is 310 g/mol. The van der Waals surface area contributed by atoms with Gasteiger partial charge in [-0.15, -0.1) is 0 Å². The van der Waals surface area contributed by atoms with Crippen LogP contribution in [-0.2, 0) is 0 Å². The summed E-state index contributed by atoms with van der Waals surface area (Å²) in [6, 6.07) is 6.86. The summed E-state index contributed by atoms with van der Waals surface area (Å²) in [5, 5.41) is 13.5. The van der Waals surface area contributed by atoms with E-state index in [1.54, 1.807) is 16.8 Å². The number of rotatable bonds is 4. The summed E-state index contributed by atoms with van der Waals surface area (Å²) in [7, 11) is 0. The van der Waals surface area contributed by atoms with E-state index in [1.807, 2.05) is 6.07 Å². The molecule has 3 aromatic rings. The Hall–Kier alpha value is -2.94. The molecule has 0 atom stereocenters. The highest BCUT2D eigenvalue weighted by atomic mass is 19.1. The molecule has 0 aliphatic carbocycles. The highest BCUT2D eigenvalue weighted by Crippen LogP contribution is 2.30. The molecule has 0 aliphatic rings. The molecule has 0 radical (unpaired) electrons. The van der Waals surface area contributed by atoms with Crippen molar-refractivity contribution in [3.63, 3.8) is 0 Å². The van der Waals surface area contributed by atoms with Crippen molar-refractivity contribution >= 4 is 5.52 Å². The third-order valence-corrected chi connectivity index (χ3v) is 3.33. The van der Waals surface area contributed by atoms with Crippen LogP contribution in [0.5, 0.6) is 5.75 Å². The number of nitriles is 1. The Bertz CT molecular complexity index is 878. The first kappa shape index (κ1) is 15.0. The zero-order chi connectivity index (χ0) is 16.4. The molecule has 0 unspecified atom stereocenters. The van der Waals surface area contributed by atoms with Crippen molar-refractivity contribution in [3.8, 4) is 22.9 Å². The van der Waals surface area contributed by atoms with Crippen molar-refractivity contribution in [2.24, 2.45) is 5.92 Å². The van der Waals surface area contributed by atoms with Gasteiger partial charge in [0.25, 0.3) is 0 Å². The van der Waals surface area contributed by atoms with Crippen molar-refractivity contribution in [3.05, 3.63) is 48.3 Å². The zero-order valence-electron chi connectivity index (χ0n) is 12.8. The number of halogens is 1. The van der Waals surface area contributed by atoms with Crippen LogP contribution in [0.1, 0.15) is 19.4 Å². The lowest BCUT2D eigenvalue weighted by Gasteiger charge is -2.12. The van der Waals surface area contributed by atoms with Gasteiger partial charge in [0.2, 0.25) is 5.95 Å². The zero-order valence-corrected chi connectivity index (χ0v) is 12.8. The Morgan fingerprint density at radius 2 is 2.17 bits per heavy atom. The van der Waals surface area contributed by atoms with Crippen LogP contribution in [0.2, 0.25) is 0 Å². The second kappa shape index (κ2) is 6.05. The number of fused-ring (bicyclic) bond motifs is 1. The molecule has 0 aromatic carbocycles. The van der Waals surface area contributed by atoms with E-state index in [0.717, 1.165) is 5.56 Å². The number of aromatic nitrogens is 3. The summed E-state index contributed by atoms with van der Waals surface area (Å²) >= 11 is 0. The molecule has 0 amide bonds. The van der Waals surface area contributed by atoms with Crippen LogP contribution in [0.3, 0.4) is 0 Å². The van der Waals surface area contributed by atoms with Gasteiger partial charge in [-0.25, -0.2) is 9.50 Å². The van der Waals surface area contributed by atoms with Crippen LogP contribution in [0, 0.1) is 23.2 Å². The van der Waals surface area contributed by atoms with E-state index in [0.29, 0.717) is 34.9 Å². The SMILES string of the molecule is CC(C)COc1cc(-c2ccc(F)nc2)c2c(C#N)cnn2c1. The largest absolute Gasteiger partial charge is 0.492 e. The molecule has 0 fully saturated rings. The summed E-state index contributed by atoms with van der Waals surface area (Å²) in [6.45, 7) is 4.69. The summed E-state index contributed by atoms with van der Waals surface area (Å²) in [5.74, 6) is 0.470. The fraction of sp³-hybridized carbons (Fsp3) is 0.235. The van der Waals surface area contributed by atoms with Crippen molar-refractivity contribution in [2.45, 2.75) is 13.8 Å². The van der Waals surface area contributed by atoms with Crippen LogP contribution in [0.15, 0.2) is 36.8 Å². The smallest absolute Gasteiger partial charge is 0.212 e. The minimum absolute atomic E-state index is 0.383. The van der Waals surface area contributed by atoms with Crippen molar-refractivity contribution in [1.82, 2.24) is 14.6 Å². The average Bonchev–Trinajstić information content (AvgIpc) is 2.96. The van der Waals surface area contributed by atoms with Crippen molar-refractivity contribution in [1.29, 1.82) is 5.26 Å². The lowest BCUT2D eigenvalue weighted by atomic mass is 10.1. The summed E-state index contributed by atoms with van der Waals surface area (Å²) in [5.41, 5.74) is 2.52. The first-order valence-corrected chi connectivity index (χ1v) is 7.24. The van der Waals surface area contributed by atoms with E-state index >= 15 is 0 Å².